The lowest BCUT2D eigenvalue weighted by molar-refractivity contribution is -0.129. The molecule has 0 unspecified atom stereocenters. The lowest BCUT2D eigenvalue weighted by atomic mass is 9.64. The highest BCUT2D eigenvalue weighted by atomic mass is 35.5. The number of sulfonamides is 1. The number of nitrogens with zero attached hydrogens (tertiary/aromatic N) is 3. The molecule has 0 radical (unpaired) electrons. The Morgan fingerprint density at radius 1 is 1.10 bits per heavy atom. The molecule has 2 fully saturated rings. The molecule has 1 amide bonds. The number of carbonyl (C=O) groups excluding carboxylic acids is 1. The first-order valence-electron chi connectivity index (χ1n) is 10.6. The summed E-state index contributed by atoms with van der Waals surface area (Å²) in [6.07, 6.45) is 4.21. The van der Waals surface area contributed by atoms with Crippen molar-refractivity contribution in [2.75, 3.05) is 43.4 Å². The Bertz CT molecular complexity index is 1020. The smallest absolute Gasteiger partial charge is 0.230 e. The summed E-state index contributed by atoms with van der Waals surface area (Å²) >= 11 is 6.11. The second kappa shape index (κ2) is 9.14. The Morgan fingerprint density at radius 2 is 1.87 bits per heavy atom. The van der Waals surface area contributed by atoms with Gasteiger partial charge in [-0.2, -0.15) is 4.31 Å². The first-order valence-corrected chi connectivity index (χ1v) is 12.6. The number of benzene rings is 1. The Morgan fingerprint density at radius 3 is 2.48 bits per heavy atom. The monoisotopic (exact) mass is 462 g/mol. The summed E-state index contributed by atoms with van der Waals surface area (Å²) in [5.74, 6) is 0.642. The minimum Gasteiger partial charge on any atom is -0.354 e. The number of pyridine rings is 1. The van der Waals surface area contributed by atoms with E-state index < -0.39 is 15.4 Å². The van der Waals surface area contributed by atoms with E-state index in [0.717, 1.165) is 30.6 Å². The molecular weight excluding hydrogens is 436 g/mol. The van der Waals surface area contributed by atoms with Crippen LogP contribution in [0, 0.1) is 0 Å². The van der Waals surface area contributed by atoms with Gasteiger partial charge in [-0.15, -0.1) is 0 Å². The molecule has 1 aliphatic heterocycles. The highest BCUT2D eigenvalue weighted by Crippen LogP contribution is 2.44. The molecule has 7 nitrogen and oxygen atoms in total. The van der Waals surface area contributed by atoms with Gasteiger partial charge in [-0.05, 0) is 42.7 Å². The molecule has 4 rings (SSSR count). The maximum Gasteiger partial charge on any atom is 0.230 e. The topological polar surface area (TPSA) is 82.6 Å². The summed E-state index contributed by atoms with van der Waals surface area (Å²) in [7, 11) is -3.44. The molecule has 1 aromatic carbocycles. The lowest BCUT2D eigenvalue weighted by Crippen LogP contribution is -2.52. The number of aromatic nitrogens is 1. The predicted molar refractivity (Wildman–Crippen MR) is 122 cm³/mol. The summed E-state index contributed by atoms with van der Waals surface area (Å²) in [4.78, 5) is 19.4. The van der Waals surface area contributed by atoms with Crippen LogP contribution in [0.25, 0.3) is 0 Å². The summed E-state index contributed by atoms with van der Waals surface area (Å²) in [5.41, 5.74) is 0.306. The maximum atomic E-state index is 12.9. The third-order valence-corrected chi connectivity index (χ3v) is 8.38. The molecule has 31 heavy (non-hydrogen) atoms. The van der Waals surface area contributed by atoms with Crippen LogP contribution in [0.1, 0.15) is 24.8 Å². The van der Waals surface area contributed by atoms with E-state index in [0.29, 0.717) is 31.2 Å². The highest BCUT2D eigenvalue weighted by Gasteiger charge is 2.45. The van der Waals surface area contributed by atoms with E-state index in [1.54, 1.807) is 12.3 Å². The van der Waals surface area contributed by atoms with Crippen molar-refractivity contribution in [1.29, 1.82) is 0 Å². The lowest BCUT2D eigenvalue weighted by Gasteiger charge is -2.41. The quantitative estimate of drug-likeness (QED) is 0.683. The van der Waals surface area contributed by atoms with Crippen molar-refractivity contribution in [1.82, 2.24) is 14.6 Å². The van der Waals surface area contributed by atoms with E-state index in [9.17, 15) is 13.2 Å². The summed E-state index contributed by atoms with van der Waals surface area (Å²) in [5, 5.41) is 3.47. The van der Waals surface area contributed by atoms with Crippen molar-refractivity contribution in [3.63, 3.8) is 0 Å². The van der Waals surface area contributed by atoms with Crippen molar-refractivity contribution in [2.45, 2.75) is 24.7 Å². The first-order chi connectivity index (χ1) is 14.9. The largest absolute Gasteiger partial charge is 0.354 e. The first kappa shape index (κ1) is 22.0. The third-order valence-electron chi connectivity index (χ3n) is 6.27. The van der Waals surface area contributed by atoms with Crippen molar-refractivity contribution in [3.05, 3.63) is 59.2 Å². The SMILES string of the molecule is O=C(NCCS(=O)(=O)N1CCN(c2ccccn2)CC1)C1(c2cccc(Cl)c2)CCC1. The minimum absolute atomic E-state index is 0.101. The highest BCUT2D eigenvalue weighted by molar-refractivity contribution is 7.89. The van der Waals surface area contributed by atoms with E-state index in [2.05, 4.69) is 15.2 Å². The normalized spacial score (nSPS) is 18.9. The second-order valence-electron chi connectivity index (χ2n) is 8.09. The molecule has 2 aromatic rings. The van der Waals surface area contributed by atoms with Gasteiger partial charge in [0, 0.05) is 43.9 Å². The number of anilines is 1. The van der Waals surface area contributed by atoms with Crippen LogP contribution in [0.2, 0.25) is 5.02 Å². The van der Waals surface area contributed by atoms with Gasteiger partial charge in [-0.25, -0.2) is 13.4 Å². The fourth-order valence-corrected chi connectivity index (χ4v) is 5.82. The van der Waals surface area contributed by atoms with Crippen LogP contribution in [0.15, 0.2) is 48.7 Å². The van der Waals surface area contributed by atoms with Gasteiger partial charge >= 0.3 is 0 Å². The van der Waals surface area contributed by atoms with Crippen LogP contribution in [0.3, 0.4) is 0 Å². The van der Waals surface area contributed by atoms with Gasteiger partial charge in [0.05, 0.1) is 11.2 Å². The van der Waals surface area contributed by atoms with E-state index >= 15 is 0 Å². The van der Waals surface area contributed by atoms with Gasteiger partial charge in [0.15, 0.2) is 0 Å². The van der Waals surface area contributed by atoms with E-state index in [1.807, 2.05) is 36.4 Å². The molecule has 1 saturated carbocycles. The Balaban J connectivity index is 1.30. The molecule has 9 heteroatoms. The van der Waals surface area contributed by atoms with Crippen LogP contribution in [-0.2, 0) is 20.2 Å². The average Bonchev–Trinajstić information content (AvgIpc) is 2.74. The molecule has 2 heterocycles. The van der Waals surface area contributed by atoms with Crippen molar-refractivity contribution in [3.8, 4) is 0 Å². The maximum absolute atomic E-state index is 12.9. The molecule has 1 aromatic heterocycles. The van der Waals surface area contributed by atoms with Crippen LogP contribution in [-0.4, -0.2) is 62.1 Å². The fraction of sp³-hybridized carbons (Fsp3) is 0.455. The molecule has 0 bridgehead atoms. The van der Waals surface area contributed by atoms with E-state index in [-0.39, 0.29) is 18.2 Å². The molecule has 0 spiro atoms. The number of nitrogens with one attached hydrogen (secondary N) is 1. The number of rotatable bonds is 7. The van der Waals surface area contributed by atoms with Crippen LogP contribution in [0.5, 0.6) is 0 Å². The standard InChI is InChI=1S/C22H27ClN4O3S/c23-19-6-3-5-18(17-19)22(8-4-9-22)21(28)25-11-16-31(29,30)27-14-12-26(13-15-27)20-7-1-2-10-24-20/h1-3,5-7,10,17H,4,8-9,11-16H2,(H,25,28). The van der Waals surface area contributed by atoms with Crippen LogP contribution >= 0.6 is 11.6 Å². The summed E-state index contributed by atoms with van der Waals surface area (Å²) in [6.45, 7) is 2.13. The number of halogens is 1. The Hall–Kier alpha value is -2.16. The number of hydrogen-bond donors (Lipinski definition) is 1. The predicted octanol–water partition coefficient (Wildman–Crippen LogP) is 2.42. The second-order valence-corrected chi connectivity index (χ2v) is 10.6. The van der Waals surface area contributed by atoms with Gasteiger partial charge < -0.3 is 10.2 Å². The van der Waals surface area contributed by atoms with Crippen molar-refractivity contribution in [2.24, 2.45) is 0 Å². The van der Waals surface area contributed by atoms with E-state index in [1.165, 1.54) is 4.31 Å². The van der Waals surface area contributed by atoms with Gasteiger partial charge in [0.1, 0.15) is 5.82 Å². The summed E-state index contributed by atoms with van der Waals surface area (Å²) < 4.78 is 27.1. The van der Waals surface area contributed by atoms with Crippen molar-refractivity contribution >= 4 is 33.3 Å². The molecule has 2 aliphatic rings. The molecular formula is C22H27ClN4O3S. The zero-order valence-electron chi connectivity index (χ0n) is 17.3. The van der Waals surface area contributed by atoms with Crippen LogP contribution in [0.4, 0.5) is 5.82 Å². The third kappa shape index (κ3) is 4.71. The molecule has 1 aliphatic carbocycles. The van der Waals surface area contributed by atoms with Gasteiger partial charge in [-0.3, -0.25) is 4.79 Å². The number of amides is 1. The van der Waals surface area contributed by atoms with Gasteiger partial charge in [-0.1, -0.05) is 36.2 Å². The Kier molecular flexibility index (Phi) is 6.50. The average molecular weight is 463 g/mol. The molecule has 0 atom stereocenters. The Labute approximate surface area is 188 Å². The van der Waals surface area contributed by atoms with Crippen molar-refractivity contribution < 1.29 is 13.2 Å². The number of piperazine rings is 1. The summed E-state index contributed by atoms with van der Waals surface area (Å²) in [6, 6.07) is 13.1. The van der Waals surface area contributed by atoms with E-state index in [4.69, 9.17) is 11.6 Å². The molecule has 1 N–H and O–H groups in total. The molecule has 166 valence electrons. The number of hydrogen-bond acceptors (Lipinski definition) is 5. The van der Waals surface area contributed by atoms with Gasteiger partial charge in [0.25, 0.3) is 0 Å². The number of carbonyl (C=O) groups is 1. The minimum atomic E-state index is -3.44. The molecule has 1 saturated heterocycles. The van der Waals surface area contributed by atoms with Gasteiger partial charge in [0.2, 0.25) is 15.9 Å². The zero-order valence-corrected chi connectivity index (χ0v) is 18.9. The fourth-order valence-electron chi connectivity index (χ4n) is 4.29. The zero-order chi connectivity index (χ0) is 21.9. The van der Waals surface area contributed by atoms with Crippen LogP contribution < -0.4 is 10.2 Å².